The van der Waals surface area contributed by atoms with E-state index >= 15 is 0 Å². The molecule has 5 heteroatoms. The third kappa shape index (κ3) is 4.53. The number of nitrogens with one attached hydrogen (secondary N) is 1. The van der Waals surface area contributed by atoms with Crippen LogP contribution in [0.4, 0.5) is 4.79 Å². The number of hydrogen-bond donors (Lipinski definition) is 1. The van der Waals surface area contributed by atoms with Gasteiger partial charge < -0.3 is 15.1 Å². The summed E-state index contributed by atoms with van der Waals surface area (Å²) in [6, 6.07) is 15.6. The maximum atomic E-state index is 12.8. The minimum Gasteiger partial charge on any atom is -0.335 e. The molecule has 1 heterocycles. The smallest absolute Gasteiger partial charge is 0.318 e. The van der Waals surface area contributed by atoms with E-state index in [4.69, 9.17) is 0 Å². The van der Waals surface area contributed by atoms with E-state index in [1.54, 1.807) is 4.90 Å². The van der Waals surface area contributed by atoms with Gasteiger partial charge in [-0.25, -0.2) is 4.79 Å². The van der Waals surface area contributed by atoms with Crippen molar-refractivity contribution in [2.75, 3.05) is 26.2 Å². The maximum Gasteiger partial charge on any atom is 0.318 e. The molecule has 1 aliphatic heterocycles. The van der Waals surface area contributed by atoms with Gasteiger partial charge in [0, 0.05) is 31.7 Å². The molecule has 1 N–H and O–H groups in total. The first-order chi connectivity index (χ1) is 13.5. The van der Waals surface area contributed by atoms with Gasteiger partial charge in [-0.3, -0.25) is 4.79 Å². The first-order valence-electron chi connectivity index (χ1n) is 9.96. The van der Waals surface area contributed by atoms with Crippen molar-refractivity contribution in [2.45, 2.75) is 33.2 Å². The molecule has 3 rings (SSSR count). The van der Waals surface area contributed by atoms with E-state index in [1.165, 1.54) is 16.7 Å². The quantitative estimate of drug-likeness (QED) is 0.875. The van der Waals surface area contributed by atoms with Gasteiger partial charge in [-0.05, 0) is 43.5 Å². The van der Waals surface area contributed by atoms with Gasteiger partial charge in [-0.15, -0.1) is 0 Å². The number of piperazine rings is 1. The first-order valence-corrected chi connectivity index (χ1v) is 9.96. The highest BCUT2D eigenvalue weighted by Crippen LogP contribution is 2.22. The number of benzene rings is 2. The van der Waals surface area contributed by atoms with Crippen LogP contribution in [0.2, 0.25) is 0 Å². The lowest BCUT2D eigenvalue weighted by Crippen LogP contribution is -2.53. The molecule has 28 heavy (non-hydrogen) atoms. The summed E-state index contributed by atoms with van der Waals surface area (Å²) in [6.45, 7) is 8.46. The van der Waals surface area contributed by atoms with E-state index in [9.17, 15) is 9.59 Å². The molecule has 1 aliphatic rings. The Morgan fingerprint density at radius 1 is 0.964 bits per heavy atom. The summed E-state index contributed by atoms with van der Waals surface area (Å²) in [4.78, 5) is 29.0. The topological polar surface area (TPSA) is 52.7 Å². The van der Waals surface area contributed by atoms with Crippen molar-refractivity contribution < 1.29 is 9.59 Å². The summed E-state index contributed by atoms with van der Waals surface area (Å²) in [5, 5.41) is 3.17. The number of amides is 3. The molecule has 2 aromatic rings. The second-order valence-corrected chi connectivity index (χ2v) is 7.42. The number of urea groups is 1. The average Bonchev–Trinajstić information content (AvgIpc) is 2.72. The highest BCUT2D eigenvalue weighted by Gasteiger charge is 2.26. The van der Waals surface area contributed by atoms with E-state index in [0.717, 1.165) is 6.42 Å². The summed E-state index contributed by atoms with van der Waals surface area (Å²) in [7, 11) is 0. The first kappa shape index (κ1) is 19.9. The molecule has 0 bridgehead atoms. The number of nitrogens with zero attached hydrogens (tertiary/aromatic N) is 2. The molecular weight excluding hydrogens is 350 g/mol. The Morgan fingerprint density at radius 2 is 1.61 bits per heavy atom. The Hall–Kier alpha value is -2.82. The van der Waals surface area contributed by atoms with Crippen LogP contribution >= 0.6 is 0 Å². The minimum absolute atomic E-state index is 0.00270. The standard InChI is InChI=1S/C23H29N3O2/c1-4-21(20-11-10-17(2)16-18(20)3)24-23(28)26-14-12-25(13-15-26)22(27)19-8-6-5-7-9-19/h5-11,16,21H,4,12-15H2,1-3H3,(H,24,28). The summed E-state index contributed by atoms with van der Waals surface area (Å²) in [5.74, 6) is 0.0300. The summed E-state index contributed by atoms with van der Waals surface area (Å²) in [6.07, 6.45) is 0.835. The zero-order valence-corrected chi connectivity index (χ0v) is 16.9. The van der Waals surface area contributed by atoms with Crippen LogP contribution in [-0.4, -0.2) is 47.9 Å². The number of rotatable bonds is 4. The van der Waals surface area contributed by atoms with Crippen LogP contribution in [0.5, 0.6) is 0 Å². The van der Waals surface area contributed by atoms with Crippen LogP contribution in [-0.2, 0) is 0 Å². The molecule has 0 radical (unpaired) electrons. The highest BCUT2D eigenvalue weighted by molar-refractivity contribution is 5.94. The molecule has 2 aromatic carbocycles. The van der Waals surface area contributed by atoms with Gasteiger partial charge in [0.15, 0.2) is 0 Å². The predicted octanol–water partition coefficient (Wildman–Crippen LogP) is 3.92. The lowest BCUT2D eigenvalue weighted by Gasteiger charge is -2.35. The molecule has 1 atom stereocenters. The van der Waals surface area contributed by atoms with Crippen LogP contribution < -0.4 is 5.32 Å². The minimum atomic E-state index is -0.0568. The number of carbonyl (C=O) groups is 2. The number of carbonyl (C=O) groups excluding carboxylic acids is 2. The van der Waals surface area contributed by atoms with Gasteiger partial charge in [0.05, 0.1) is 6.04 Å². The molecule has 5 nitrogen and oxygen atoms in total. The summed E-state index contributed by atoms with van der Waals surface area (Å²) >= 11 is 0. The second-order valence-electron chi connectivity index (χ2n) is 7.42. The zero-order chi connectivity index (χ0) is 20.1. The molecule has 0 aliphatic carbocycles. The Morgan fingerprint density at radius 3 is 2.21 bits per heavy atom. The van der Waals surface area contributed by atoms with Crippen molar-refractivity contribution in [3.05, 3.63) is 70.8 Å². The second kappa shape index (κ2) is 8.91. The maximum absolute atomic E-state index is 12.8. The molecule has 148 valence electrons. The van der Waals surface area contributed by atoms with Crippen molar-refractivity contribution >= 4 is 11.9 Å². The van der Waals surface area contributed by atoms with Gasteiger partial charge >= 0.3 is 6.03 Å². The van der Waals surface area contributed by atoms with Crippen molar-refractivity contribution in [3.8, 4) is 0 Å². The molecular formula is C23H29N3O2. The molecule has 1 fully saturated rings. The van der Waals surface area contributed by atoms with Crippen molar-refractivity contribution in [2.24, 2.45) is 0 Å². The van der Waals surface area contributed by atoms with E-state index in [2.05, 4.69) is 44.3 Å². The molecule has 0 aromatic heterocycles. The van der Waals surface area contributed by atoms with Crippen LogP contribution in [0, 0.1) is 13.8 Å². The van der Waals surface area contributed by atoms with Crippen molar-refractivity contribution in [1.29, 1.82) is 0 Å². The monoisotopic (exact) mass is 379 g/mol. The van der Waals surface area contributed by atoms with Crippen LogP contribution in [0.1, 0.15) is 46.4 Å². The number of hydrogen-bond acceptors (Lipinski definition) is 2. The van der Waals surface area contributed by atoms with Crippen molar-refractivity contribution in [1.82, 2.24) is 15.1 Å². The third-order valence-corrected chi connectivity index (χ3v) is 5.38. The Bertz CT molecular complexity index is 827. The van der Waals surface area contributed by atoms with E-state index in [1.807, 2.05) is 35.2 Å². The van der Waals surface area contributed by atoms with Crippen LogP contribution in [0.15, 0.2) is 48.5 Å². The van der Waals surface area contributed by atoms with Crippen molar-refractivity contribution in [3.63, 3.8) is 0 Å². The normalized spacial score (nSPS) is 15.2. The SMILES string of the molecule is CCC(NC(=O)N1CCN(C(=O)c2ccccc2)CC1)c1ccc(C)cc1C. The van der Waals surface area contributed by atoms with Crippen LogP contribution in [0.25, 0.3) is 0 Å². The molecule has 0 spiro atoms. The number of aryl methyl sites for hydroxylation is 2. The third-order valence-electron chi connectivity index (χ3n) is 5.38. The van der Waals surface area contributed by atoms with E-state index in [-0.39, 0.29) is 18.0 Å². The van der Waals surface area contributed by atoms with Gasteiger partial charge in [0.1, 0.15) is 0 Å². The highest BCUT2D eigenvalue weighted by atomic mass is 16.2. The summed E-state index contributed by atoms with van der Waals surface area (Å²) < 4.78 is 0. The Balaban J connectivity index is 1.58. The fourth-order valence-electron chi connectivity index (χ4n) is 3.73. The van der Waals surface area contributed by atoms with E-state index < -0.39 is 0 Å². The predicted molar refractivity (Wildman–Crippen MR) is 111 cm³/mol. The van der Waals surface area contributed by atoms with Crippen LogP contribution in [0.3, 0.4) is 0 Å². The lowest BCUT2D eigenvalue weighted by molar-refractivity contribution is 0.0663. The zero-order valence-electron chi connectivity index (χ0n) is 16.9. The lowest BCUT2D eigenvalue weighted by atomic mass is 9.97. The average molecular weight is 380 g/mol. The van der Waals surface area contributed by atoms with E-state index in [0.29, 0.717) is 31.7 Å². The molecule has 1 saturated heterocycles. The Kier molecular flexibility index (Phi) is 6.34. The Labute approximate surface area is 167 Å². The van der Waals surface area contributed by atoms with Gasteiger partial charge in [-0.1, -0.05) is 48.9 Å². The largest absolute Gasteiger partial charge is 0.335 e. The van der Waals surface area contributed by atoms with Gasteiger partial charge in [0.25, 0.3) is 5.91 Å². The molecule has 3 amide bonds. The molecule has 0 saturated carbocycles. The fourth-order valence-corrected chi connectivity index (χ4v) is 3.73. The fraction of sp³-hybridized carbons (Fsp3) is 0.391. The van der Waals surface area contributed by atoms with Gasteiger partial charge in [0.2, 0.25) is 0 Å². The molecule has 1 unspecified atom stereocenters. The van der Waals surface area contributed by atoms with Gasteiger partial charge in [-0.2, -0.15) is 0 Å². The summed E-state index contributed by atoms with van der Waals surface area (Å²) in [5.41, 5.74) is 4.28.